The summed E-state index contributed by atoms with van der Waals surface area (Å²) in [5.74, 6) is 1.11. The molecule has 0 bridgehead atoms. The third-order valence-electron chi connectivity index (χ3n) is 2.59. The van der Waals surface area contributed by atoms with Gasteiger partial charge in [0.05, 0.1) is 0 Å². The molecule has 78 valence electrons. The predicted molar refractivity (Wildman–Crippen MR) is 67.4 cm³/mol. The van der Waals surface area contributed by atoms with Gasteiger partial charge in [0.1, 0.15) is 10.8 Å². The molecule has 0 saturated carbocycles. The van der Waals surface area contributed by atoms with E-state index < -0.39 is 0 Å². The van der Waals surface area contributed by atoms with Gasteiger partial charge in [-0.3, -0.25) is 0 Å². The minimum atomic E-state index is 0.694. The zero-order chi connectivity index (χ0) is 10.7. The summed E-state index contributed by atoms with van der Waals surface area (Å²) in [5, 5.41) is 0. The smallest absolute Gasteiger partial charge is 0.135 e. The van der Waals surface area contributed by atoms with E-state index in [1.165, 1.54) is 6.42 Å². The molecule has 15 heavy (non-hydrogen) atoms. The minimum absolute atomic E-state index is 0.694. The first-order valence-electron chi connectivity index (χ1n) is 5.15. The molecule has 1 aromatic carbocycles. The lowest BCUT2D eigenvalue weighted by Crippen LogP contribution is -2.20. The van der Waals surface area contributed by atoms with Gasteiger partial charge in [0.2, 0.25) is 0 Å². The van der Waals surface area contributed by atoms with Crippen molar-refractivity contribution in [3.05, 3.63) is 35.9 Å². The lowest BCUT2D eigenvalue weighted by atomic mass is 10.2. The second-order valence-corrected chi connectivity index (χ2v) is 4.11. The third kappa shape index (κ3) is 2.42. The topological polar surface area (TPSA) is 15.6 Å². The fourth-order valence-corrected chi connectivity index (χ4v) is 1.94. The van der Waals surface area contributed by atoms with E-state index in [1.54, 1.807) is 0 Å². The van der Waals surface area contributed by atoms with Crippen molar-refractivity contribution in [3.63, 3.8) is 0 Å². The quantitative estimate of drug-likeness (QED) is 0.673. The fraction of sp³-hybridized carbons (Fsp3) is 0.333. The van der Waals surface area contributed by atoms with Crippen LogP contribution in [0.1, 0.15) is 18.4 Å². The van der Waals surface area contributed by atoms with Crippen LogP contribution in [0, 0.1) is 0 Å². The summed E-state index contributed by atoms with van der Waals surface area (Å²) in [5.41, 5.74) is 1.03. The molecule has 3 heteroatoms. The van der Waals surface area contributed by atoms with E-state index in [2.05, 4.69) is 16.9 Å². The standard InChI is InChI=1S/C12H14N2S/c1-14-9-5-8-11(14)13-12(15)10-6-3-2-4-7-10/h2-4,6-7H,5,8-9H2,1H3. The van der Waals surface area contributed by atoms with E-state index in [0.29, 0.717) is 4.99 Å². The van der Waals surface area contributed by atoms with Crippen LogP contribution in [0.25, 0.3) is 0 Å². The van der Waals surface area contributed by atoms with Crippen molar-refractivity contribution < 1.29 is 0 Å². The molecule has 0 N–H and O–H groups in total. The highest BCUT2D eigenvalue weighted by molar-refractivity contribution is 7.80. The van der Waals surface area contributed by atoms with Crippen LogP contribution in [0.4, 0.5) is 0 Å². The molecule has 1 heterocycles. The summed E-state index contributed by atoms with van der Waals surface area (Å²) in [4.78, 5) is 7.37. The molecule has 1 fully saturated rings. The number of thiocarbonyl (C=S) groups is 1. The monoisotopic (exact) mass is 218 g/mol. The maximum atomic E-state index is 5.30. The average Bonchev–Trinajstić information content (AvgIpc) is 2.66. The molecule has 0 atom stereocenters. The average molecular weight is 218 g/mol. The first-order chi connectivity index (χ1) is 7.27. The largest absolute Gasteiger partial charge is 0.363 e. The molecule has 0 aromatic heterocycles. The van der Waals surface area contributed by atoms with Gasteiger partial charge in [0.15, 0.2) is 0 Å². The van der Waals surface area contributed by atoms with Crippen LogP contribution in [0.15, 0.2) is 35.3 Å². The summed E-state index contributed by atoms with van der Waals surface area (Å²) in [6.45, 7) is 1.09. The Hall–Kier alpha value is -1.22. The number of hydrogen-bond donors (Lipinski definition) is 0. The van der Waals surface area contributed by atoms with Gasteiger partial charge >= 0.3 is 0 Å². The summed E-state index contributed by atoms with van der Waals surface area (Å²) < 4.78 is 0. The Morgan fingerprint density at radius 1 is 1.33 bits per heavy atom. The van der Waals surface area contributed by atoms with Gasteiger partial charge in [-0.15, -0.1) is 0 Å². The molecular weight excluding hydrogens is 204 g/mol. The Balaban J connectivity index is 2.16. The second kappa shape index (κ2) is 4.53. The predicted octanol–water partition coefficient (Wildman–Crippen LogP) is 2.49. The van der Waals surface area contributed by atoms with Gasteiger partial charge in [0.25, 0.3) is 0 Å². The van der Waals surface area contributed by atoms with Gasteiger partial charge in [-0.2, -0.15) is 0 Å². The Bertz CT molecular complexity index is 384. The number of amidine groups is 1. The summed E-state index contributed by atoms with van der Waals surface area (Å²) >= 11 is 5.30. The maximum absolute atomic E-state index is 5.30. The molecule has 1 aliphatic heterocycles. The van der Waals surface area contributed by atoms with E-state index in [1.807, 2.05) is 30.3 Å². The maximum Gasteiger partial charge on any atom is 0.135 e. The lowest BCUT2D eigenvalue weighted by Gasteiger charge is -2.11. The molecule has 0 amide bonds. The Morgan fingerprint density at radius 2 is 2.07 bits per heavy atom. The number of nitrogens with zero attached hydrogens (tertiary/aromatic N) is 2. The van der Waals surface area contributed by atoms with E-state index in [9.17, 15) is 0 Å². The second-order valence-electron chi connectivity index (χ2n) is 3.72. The number of likely N-dealkylation sites (tertiary alicyclic amines) is 1. The zero-order valence-corrected chi connectivity index (χ0v) is 9.63. The van der Waals surface area contributed by atoms with Gasteiger partial charge < -0.3 is 4.90 Å². The van der Waals surface area contributed by atoms with Crippen LogP contribution in [-0.2, 0) is 0 Å². The Morgan fingerprint density at radius 3 is 2.67 bits per heavy atom. The normalized spacial score (nSPS) is 18.5. The van der Waals surface area contributed by atoms with Crippen LogP contribution in [0.5, 0.6) is 0 Å². The lowest BCUT2D eigenvalue weighted by molar-refractivity contribution is 0.550. The fourth-order valence-electron chi connectivity index (χ4n) is 1.70. The van der Waals surface area contributed by atoms with Crippen molar-refractivity contribution in [1.29, 1.82) is 0 Å². The molecule has 2 rings (SSSR count). The van der Waals surface area contributed by atoms with Crippen molar-refractivity contribution in [2.45, 2.75) is 12.8 Å². The summed E-state index contributed by atoms with van der Waals surface area (Å²) in [6.07, 6.45) is 2.23. The molecule has 0 unspecified atom stereocenters. The Labute approximate surface area is 95.6 Å². The van der Waals surface area contributed by atoms with E-state index >= 15 is 0 Å². The molecule has 1 aromatic rings. The molecule has 1 aliphatic rings. The van der Waals surface area contributed by atoms with Crippen LogP contribution in [0.2, 0.25) is 0 Å². The molecule has 2 nitrogen and oxygen atoms in total. The van der Waals surface area contributed by atoms with Gasteiger partial charge in [-0.25, -0.2) is 4.99 Å². The molecule has 0 radical (unpaired) electrons. The van der Waals surface area contributed by atoms with Crippen molar-refractivity contribution in [3.8, 4) is 0 Å². The van der Waals surface area contributed by atoms with Crippen LogP contribution >= 0.6 is 12.2 Å². The van der Waals surface area contributed by atoms with Crippen LogP contribution in [-0.4, -0.2) is 29.3 Å². The van der Waals surface area contributed by atoms with E-state index in [-0.39, 0.29) is 0 Å². The molecule has 0 spiro atoms. The van der Waals surface area contributed by atoms with E-state index in [0.717, 1.165) is 24.4 Å². The number of benzene rings is 1. The first-order valence-corrected chi connectivity index (χ1v) is 5.56. The number of rotatable bonds is 1. The molecule has 0 aliphatic carbocycles. The highest BCUT2D eigenvalue weighted by Gasteiger charge is 2.14. The molecular formula is C12H14N2S. The SMILES string of the molecule is CN1CCCC1=NC(=S)c1ccccc1. The minimum Gasteiger partial charge on any atom is -0.363 e. The first kappa shape index (κ1) is 10.3. The van der Waals surface area contributed by atoms with Gasteiger partial charge in [0, 0.05) is 25.6 Å². The number of aliphatic imine (C=N–C) groups is 1. The molecule has 1 saturated heterocycles. The van der Waals surface area contributed by atoms with Crippen molar-refractivity contribution in [2.75, 3.05) is 13.6 Å². The zero-order valence-electron chi connectivity index (χ0n) is 8.81. The van der Waals surface area contributed by atoms with E-state index in [4.69, 9.17) is 12.2 Å². The highest BCUT2D eigenvalue weighted by Crippen LogP contribution is 2.11. The summed E-state index contributed by atoms with van der Waals surface area (Å²) in [6, 6.07) is 9.96. The van der Waals surface area contributed by atoms with Crippen molar-refractivity contribution >= 4 is 23.0 Å². The van der Waals surface area contributed by atoms with Crippen LogP contribution in [0.3, 0.4) is 0 Å². The highest BCUT2D eigenvalue weighted by atomic mass is 32.1. The van der Waals surface area contributed by atoms with Crippen molar-refractivity contribution in [2.24, 2.45) is 4.99 Å². The number of hydrogen-bond acceptors (Lipinski definition) is 1. The summed E-state index contributed by atoms with van der Waals surface area (Å²) in [7, 11) is 2.07. The van der Waals surface area contributed by atoms with Crippen LogP contribution < -0.4 is 0 Å². The van der Waals surface area contributed by atoms with Crippen molar-refractivity contribution in [1.82, 2.24) is 4.90 Å². The van der Waals surface area contributed by atoms with Gasteiger partial charge in [-0.05, 0) is 6.42 Å². The third-order valence-corrected chi connectivity index (χ3v) is 2.91. The van der Waals surface area contributed by atoms with Gasteiger partial charge in [-0.1, -0.05) is 42.5 Å². The Kier molecular flexibility index (Phi) is 3.11.